The molecule has 2 rings (SSSR count). The first-order chi connectivity index (χ1) is 11.0. The van der Waals surface area contributed by atoms with Crippen LogP contribution in [-0.4, -0.2) is 28.6 Å². The van der Waals surface area contributed by atoms with Crippen molar-refractivity contribution in [2.24, 2.45) is 0 Å². The number of ether oxygens (including phenoxy) is 1. The van der Waals surface area contributed by atoms with E-state index >= 15 is 0 Å². The minimum absolute atomic E-state index is 0.0990. The van der Waals surface area contributed by atoms with Gasteiger partial charge in [-0.2, -0.15) is 0 Å². The van der Waals surface area contributed by atoms with Crippen molar-refractivity contribution >= 4 is 21.8 Å². The van der Waals surface area contributed by atoms with E-state index in [0.717, 1.165) is 5.75 Å². The molecule has 122 valence electrons. The van der Waals surface area contributed by atoms with Crippen molar-refractivity contribution in [3.63, 3.8) is 0 Å². The number of hydrogen-bond donors (Lipinski definition) is 2. The number of halogens is 1. The number of aromatic nitrogens is 1. The van der Waals surface area contributed by atoms with Crippen LogP contribution >= 0.6 is 15.9 Å². The molecule has 0 saturated carbocycles. The Morgan fingerprint density at radius 2 is 2.00 bits per heavy atom. The van der Waals surface area contributed by atoms with Gasteiger partial charge in [0, 0.05) is 17.2 Å². The maximum Gasteiger partial charge on any atom is 0.271 e. The number of aliphatic hydroxyl groups is 1. The first kappa shape index (κ1) is 17.4. The van der Waals surface area contributed by atoms with Gasteiger partial charge in [-0.3, -0.25) is 4.79 Å². The smallest absolute Gasteiger partial charge is 0.271 e. The average molecular weight is 379 g/mol. The van der Waals surface area contributed by atoms with Crippen LogP contribution in [0.25, 0.3) is 0 Å². The lowest BCUT2D eigenvalue weighted by molar-refractivity contribution is 0.0910. The molecule has 0 unspecified atom stereocenters. The summed E-state index contributed by atoms with van der Waals surface area (Å²) in [4.78, 5) is 16.1. The molecule has 0 aliphatic heterocycles. The zero-order valence-electron chi connectivity index (χ0n) is 13.0. The van der Waals surface area contributed by atoms with Gasteiger partial charge in [0.25, 0.3) is 5.91 Å². The zero-order valence-corrected chi connectivity index (χ0v) is 14.6. The molecule has 0 aliphatic rings. The van der Waals surface area contributed by atoms with E-state index in [1.165, 1.54) is 0 Å². The van der Waals surface area contributed by atoms with Crippen LogP contribution < -0.4 is 10.1 Å². The number of amides is 1. The summed E-state index contributed by atoms with van der Waals surface area (Å²) in [5, 5.41) is 12.8. The lowest BCUT2D eigenvalue weighted by Crippen LogP contribution is -2.29. The molecule has 1 amide bonds. The lowest BCUT2D eigenvalue weighted by Gasteiger charge is -2.14. The van der Waals surface area contributed by atoms with Gasteiger partial charge in [-0.15, -0.1) is 0 Å². The predicted molar refractivity (Wildman–Crippen MR) is 91.4 cm³/mol. The maximum atomic E-state index is 12.0. The molecule has 1 aromatic heterocycles. The Morgan fingerprint density at radius 1 is 1.30 bits per heavy atom. The molecule has 23 heavy (non-hydrogen) atoms. The zero-order chi connectivity index (χ0) is 16.8. The van der Waals surface area contributed by atoms with E-state index in [2.05, 4.69) is 26.2 Å². The fourth-order valence-corrected chi connectivity index (χ4v) is 2.42. The molecule has 6 heteroatoms. The molecule has 0 spiro atoms. The van der Waals surface area contributed by atoms with Gasteiger partial charge in [-0.05, 0) is 59.6 Å². The average Bonchev–Trinajstić information content (AvgIpc) is 2.53. The van der Waals surface area contributed by atoms with Crippen molar-refractivity contribution in [2.45, 2.75) is 26.1 Å². The number of benzene rings is 1. The van der Waals surface area contributed by atoms with Gasteiger partial charge in [0.2, 0.25) is 0 Å². The fraction of sp³-hybridized carbons (Fsp3) is 0.294. The number of carbonyl (C=O) groups is 1. The fourth-order valence-electron chi connectivity index (χ4n) is 1.98. The van der Waals surface area contributed by atoms with Crippen LogP contribution in [0.3, 0.4) is 0 Å². The minimum atomic E-state index is -0.797. The number of rotatable bonds is 6. The molecule has 1 atom stereocenters. The van der Waals surface area contributed by atoms with E-state index < -0.39 is 6.10 Å². The second kappa shape index (κ2) is 8.08. The van der Waals surface area contributed by atoms with Crippen LogP contribution in [0, 0.1) is 0 Å². The molecule has 1 aromatic carbocycles. The monoisotopic (exact) mass is 378 g/mol. The summed E-state index contributed by atoms with van der Waals surface area (Å²) < 4.78 is 6.17. The molecule has 2 aromatic rings. The molecule has 0 saturated heterocycles. The van der Waals surface area contributed by atoms with Crippen LogP contribution in [0.4, 0.5) is 0 Å². The Labute approximate surface area is 143 Å². The van der Waals surface area contributed by atoms with Gasteiger partial charge in [-0.25, -0.2) is 4.98 Å². The third-order valence-corrected chi connectivity index (χ3v) is 3.71. The molecular weight excluding hydrogens is 360 g/mol. The number of nitrogens with zero attached hydrogens (tertiary/aromatic N) is 1. The van der Waals surface area contributed by atoms with E-state index in [9.17, 15) is 9.90 Å². The summed E-state index contributed by atoms with van der Waals surface area (Å²) in [6.07, 6.45) is 0.847. The minimum Gasteiger partial charge on any atom is -0.491 e. The Kier molecular flexibility index (Phi) is 6.12. The molecule has 2 N–H and O–H groups in total. The summed E-state index contributed by atoms with van der Waals surface area (Å²) in [7, 11) is 0. The van der Waals surface area contributed by atoms with E-state index in [1.807, 2.05) is 13.8 Å². The molecular formula is C17H19BrN2O3. The van der Waals surface area contributed by atoms with E-state index in [0.29, 0.717) is 15.7 Å². The summed E-state index contributed by atoms with van der Waals surface area (Å²) in [6.45, 7) is 4.01. The van der Waals surface area contributed by atoms with Crippen LogP contribution in [0.15, 0.2) is 47.1 Å². The predicted octanol–water partition coefficient (Wildman–Crippen LogP) is 3.09. The van der Waals surface area contributed by atoms with Crippen LogP contribution in [0.1, 0.15) is 36.0 Å². The van der Waals surface area contributed by atoms with Crippen molar-refractivity contribution in [3.8, 4) is 5.75 Å². The van der Waals surface area contributed by atoms with E-state index in [1.54, 1.807) is 42.6 Å². The molecule has 0 fully saturated rings. The second-order valence-electron chi connectivity index (χ2n) is 5.30. The first-order valence-electron chi connectivity index (χ1n) is 7.30. The number of pyridine rings is 1. The van der Waals surface area contributed by atoms with Crippen molar-refractivity contribution in [1.29, 1.82) is 0 Å². The largest absolute Gasteiger partial charge is 0.491 e. The highest BCUT2D eigenvalue weighted by Gasteiger charge is 2.14. The van der Waals surface area contributed by atoms with Crippen LogP contribution in [0.5, 0.6) is 5.75 Å². The third-order valence-electron chi connectivity index (χ3n) is 3.07. The standard InChI is InChI=1S/C17H19BrN2O3/c1-11(2)23-13-7-5-12(6-8-13)15(21)10-20-17(22)16-14(18)4-3-9-19-16/h3-9,11,15,21H,10H2,1-2H3,(H,20,22)/t15-/m1/s1. The van der Waals surface area contributed by atoms with Crippen molar-refractivity contribution < 1.29 is 14.6 Å². The van der Waals surface area contributed by atoms with Crippen molar-refractivity contribution in [2.75, 3.05) is 6.54 Å². The van der Waals surface area contributed by atoms with E-state index in [4.69, 9.17) is 4.74 Å². The number of carbonyl (C=O) groups excluding carboxylic acids is 1. The van der Waals surface area contributed by atoms with Gasteiger partial charge in [-0.1, -0.05) is 12.1 Å². The highest BCUT2D eigenvalue weighted by molar-refractivity contribution is 9.10. The topological polar surface area (TPSA) is 71.5 Å². The summed E-state index contributed by atoms with van der Waals surface area (Å²) in [6, 6.07) is 10.6. The number of hydrogen-bond acceptors (Lipinski definition) is 4. The van der Waals surface area contributed by atoms with Gasteiger partial charge >= 0.3 is 0 Å². The Bertz CT molecular complexity index is 659. The highest BCUT2D eigenvalue weighted by atomic mass is 79.9. The van der Waals surface area contributed by atoms with Crippen molar-refractivity contribution in [3.05, 3.63) is 58.3 Å². The van der Waals surface area contributed by atoms with Gasteiger partial charge < -0.3 is 15.2 Å². The van der Waals surface area contributed by atoms with Gasteiger partial charge in [0.15, 0.2) is 0 Å². The molecule has 0 radical (unpaired) electrons. The SMILES string of the molecule is CC(C)Oc1ccc([C@H](O)CNC(=O)c2ncccc2Br)cc1. The normalized spacial score (nSPS) is 12.0. The van der Waals surface area contributed by atoms with Crippen molar-refractivity contribution in [1.82, 2.24) is 10.3 Å². The first-order valence-corrected chi connectivity index (χ1v) is 8.10. The molecule has 0 bridgehead atoms. The van der Waals surface area contributed by atoms with Gasteiger partial charge in [0.1, 0.15) is 11.4 Å². The number of nitrogens with one attached hydrogen (secondary N) is 1. The van der Waals surface area contributed by atoms with Gasteiger partial charge in [0.05, 0.1) is 12.2 Å². The Hall–Kier alpha value is -1.92. The van der Waals surface area contributed by atoms with E-state index in [-0.39, 0.29) is 18.6 Å². The molecule has 5 nitrogen and oxygen atoms in total. The Morgan fingerprint density at radius 3 is 2.61 bits per heavy atom. The summed E-state index contributed by atoms with van der Waals surface area (Å²) in [5.41, 5.74) is 1.00. The van der Waals surface area contributed by atoms with Crippen LogP contribution in [-0.2, 0) is 0 Å². The number of aliphatic hydroxyl groups excluding tert-OH is 1. The maximum absolute atomic E-state index is 12.0. The third kappa shape index (κ3) is 5.04. The van der Waals surface area contributed by atoms with Crippen LogP contribution in [0.2, 0.25) is 0 Å². The Balaban J connectivity index is 1.93. The molecule has 1 heterocycles. The highest BCUT2D eigenvalue weighted by Crippen LogP contribution is 2.19. The molecule has 0 aliphatic carbocycles. The summed E-state index contributed by atoms with van der Waals surface area (Å²) >= 11 is 3.28. The quantitative estimate of drug-likeness (QED) is 0.809. The second-order valence-corrected chi connectivity index (χ2v) is 6.15. The summed E-state index contributed by atoms with van der Waals surface area (Å²) in [5.74, 6) is 0.411. The lowest BCUT2D eigenvalue weighted by atomic mass is 10.1.